The van der Waals surface area contributed by atoms with E-state index in [0.29, 0.717) is 15.0 Å². The van der Waals surface area contributed by atoms with E-state index in [0.717, 1.165) is 10.6 Å². The number of pyridine rings is 1. The molecule has 0 aliphatic rings. The lowest BCUT2D eigenvalue weighted by molar-refractivity contribution is 0.0697. The summed E-state index contributed by atoms with van der Waals surface area (Å²) in [6, 6.07) is 6.71. The summed E-state index contributed by atoms with van der Waals surface area (Å²) in [6.07, 6.45) is 1.47. The Balaban J connectivity index is 1.98. The number of carbonyl (C=O) groups is 1. The van der Waals surface area contributed by atoms with Gasteiger partial charge in [-0.15, -0.1) is 22.7 Å². The Morgan fingerprint density at radius 2 is 2.10 bits per heavy atom. The summed E-state index contributed by atoms with van der Waals surface area (Å²) in [5.74, 6) is -0.976. The van der Waals surface area contributed by atoms with Crippen molar-refractivity contribution in [3.8, 4) is 21.3 Å². The Labute approximate surface area is 127 Å². The van der Waals surface area contributed by atoms with Crippen molar-refractivity contribution in [2.45, 2.75) is 0 Å². The second-order valence-electron chi connectivity index (χ2n) is 3.88. The monoisotopic (exact) mass is 322 g/mol. The Morgan fingerprint density at radius 3 is 2.80 bits per heavy atom. The molecule has 0 saturated heterocycles. The molecule has 3 heterocycles. The minimum Gasteiger partial charge on any atom is -0.478 e. The lowest BCUT2D eigenvalue weighted by atomic mass is 10.2. The Kier molecular flexibility index (Phi) is 3.52. The topological polar surface area (TPSA) is 63.1 Å². The zero-order valence-corrected chi connectivity index (χ0v) is 12.3. The summed E-state index contributed by atoms with van der Waals surface area (Å²) in [7, 11) is 0. The number of aromatic nitrogens is 2. The van der Waals surface area contributed by atoms with Gasteiger partial charge in [0, 0.05) is 11.6 Å². The predicted octanol–water partition coefficient (Wildman–Crippen LogP) is 4.29. The molecule has 3 aromatic rings. The molecule has 3 rings (SSSR count). The third kappa shape index (κ3) is 2.58. The third-order valence-corrected chi connectivity index (χ3v) is 4.67. The molecular weight excluding hydrogens is 316 g/mol. The third-order valence-electron chi connectivity index (χ3n) is 2.56. The van der Waals surface area contributed by atoms with Crippen LogP contribution in [0, 0.1) is 0 Å². The summed E-state index contributed by atoms with van der Waals surface area (Å²) < 4.78 is 0.709. The first kappa shape index (κ1) is 13.2. The minimum absolute atomic E-state index is 0.200. The van der Waals surface area contributed by atoms with E-state index in [-0.39, 0.29) is 5.56 Å². The van der Waals surface area contributed by atoms with Gasteiger partial charge < -0.3 is 5.11 Å². The van der Waals surface area contributed by atoms with Crippen molar-refractivity contribution in [1.82, 2.24) is 9.97 Å². The number of halogens is 1. The van der Waals surface area contributed by atoms with E-state index >= 15 is 0 Å². The highest BCUT2D eigenvalue weighted by atomic mass is 35.5. The highest BCUT2D eigenvalue weighted by molar-refractivity contribution is 7.19. The van der Waals surface area contributed by atoms with Gasteiger partial charge in [-0.3, -0.25) is 4.98 Å². The van der Waals surface area contributed by atoms with Crippen LogP contribution in [0.5, 0.6) is 0 Å². The fourth-order valence-corrected chi connectivity index (χ4v) is 3.50. The number of rotatable bonds is 3. The maximum atomic E-state index is 11.0. The molecule has 20 heavy (non-hydrogen) atoms. The second-order valence-corrected chi connectivity index (χ2v) is 6.45. The molecule has 0 amide bonds. The Hall–Kier alpha value is -1.76. The van der Waals surface area contributed by atoms with E-state index < -0.39 is 5.97 Å². The van der Waals surface area contributed by atoms with E-state index in [4.69, 9.17) is 16.7 Å². The van der Waals surface area contributed by atoms with Gasteiger partial charge in [-0.1, -0.05) is 11.6 Å². The van der Waals surface area contributed by atoms with Gasteiger partial charge in [0.05, 0.1) is 26.2 Å². The summed E-state index contributed by atoms with van der Waals surface area (Å²) in [6.45, 7) is 0. The van der Waals surface area contributed by atoms with Crippen LogP contribution in [0.3, 0.4) is 0 Å². The maximum Gasteiger partial charge on any atom is 0.335 e. The van der Waals surface area contributed by atoms with Crippen molar-refractivity contribution in [1.29, 1.82) is 0 Å². The molecule has 1 N–H and O–H groups in total. The second kappa shape index (κ2) is 5.32. The number of carboxylic acid groups (broad SMARTS) is 1. The van der Waals surface area contributed by atoms with Gasteiger partial charge in [-0.05, 0) is 24.3 Å². The van der Waals surface area contributed by atoms with Crippen LogP contribution < -0.4 is 0 Å². The number of aromatic carboxylic acids is 1. The van der Waals surface area contributed by atoms with Crippen molar-refractivity contribution < 1.29 is 9.90 Å². The number of nitrogens with zero attached hydrogens (tertiary/aromatic N) is 2. The molecule has 100 valence electrons. The SMILES string of the molecule is O=C(O)c1ccnc(-c2nc(-c3ccc(Cl)s3)cs2)c1. The molecule has 0 atom stereocenters. The first-order valence-corrected chi connectivity index (χ1v) is 7.62. The van der Waals surface area contributed by atoms with Crippen molar-refractivity contribution in [3.05, 3.63) is 45.7 Å². The van der Waals surface area contributed by atoms with E-state index in [1.165, 1.54) is 41.0 Å². The summed E-state index contributed by atoms with van der Waals surface area (Å²) in [4.78, 5) is 20.6. The van der Waals surface area contributed by atoms with Crippen LogP contribution in [0.15, 0.2) is 35.8 Å². The largest absolute Gasteiger partial charge is 0.478 e. The number of carboxylic acids is 1. The highest BCUT2D eigenvalue weighted by Crippen LogP contribution is 2.33. The molecule has 0 aromatic carbocycles. The van der Waals surface area contributed by atoms with E-state index in [1.54, 1.807) is 0 Å². The van der Waals surface area contributed by atoms with Crippen LogP contribution in [0.25, 0.3) is 21.3 Å². The Morgan fingerprint density at radius 1 is 1.25 bits per heavy atom. The average molecular weight is 323 g/mol. The molecule has 0 spiro atoms. The molecule has 0 aliphatic carbocycles. The number of hydrogen-bond acceptors (Lipinski definition) is 5. The zero-order valence-electron chi connectivity index (χ0n) is 9.91. The quantitative estimate of drug-likeness (QED) is 0.781. The average Bonchev–Trinajstić information content (AvgIpc) is 3.07. The molecule has 0 bridgehead atoms. The predicted molar refractivity (Wildman–Crippen MR) is 80.6 cm³/mol. The fourth-order valence-electron chi connectivity index (χ4n) is 1.64. The molecule has 0 saturated carbocycles. The van der Waals surface area contributed by atoms with Gasteiger partial charge in [0.15, 0.2) is 0 Å². The molecule has 3 aromatic heterocycles. The van der Waals surface area contributed by atoms with Gasteiger partial charge >= 0.3 is 5.97 Å². The lowest BCUT2D eigenvalue weighted by Gasteiger charge is -1.97. The van der Waals surface area contributed by atoms with Crippen LogP contribution in [0.2, 0.25) is 4.34 Å². The fraction of sp³-hybridized carbons (Fsp3) is 0. The van der Waals surface area contributed by atoms with Crippen molar-refractivity contribution in [2.24, 2.45) is 0 Å². The summed E-state index contributed by atoms with van der Waals surface area (Å²) in [5.41, 5.74) is 1.58. The number of thiazole rings is 1. The molecular formula is C13H7ClN2O2S2. The van der Waals surface area contributed by atoms with Crippen molar-refractivity contribution in [3.63, 3.8) is 0 Å². The normalized spacial score (nSPS) is 10.7. The van der Waals surface area contributed by atoms with Crippen molar-refractivity contribution >= 4 is 40.2 Å². The van der Waals surface area contributed by atoms with Crippen LogP contribution in [0.1, 0.15) is 10.4 Å². The van der Waals surface area contributed by atoms with Crippen LogP contribution >= 0.6 is 34.3 Å². The standard InChI is InChI=1S/C13H7ClN2O2S2/c14-11-2-1-10(20-11)9-6-19-12(16-9)8-5-7(13(17)18)3-4-15-8/h1-6H,(H,17,18). The zero-order chi connectivity index (χ0) is 14.1. The van der Waals surface area contributed by atoms with E-state index in [2.05, 4.69) is 9.97 Å². The van der Waals surface area contributed by atoms with Crippen LogP contribution in [0.4, 0.5) is 0 Å². The molecule has 0 unspecified atom stereocenters. The molecule has 4 nitrogen and oxygen atoms in total. The van der Waals surface area contributed by atoms with Crippen LogP contribution in [-0.2, 0) is 0 Å². The molecule has 0 radical (unpaired) electrons. The van der Waals surface area contributed by atoms with Crippen LogP contribution in [-0.4, -0.2) is 21.0 Å². The molecule has 7 heteroatoms. The number of thiophene rings is 1. The molecule has 0 fully saturated rings. The van der Waals surface area contributed by atoms with E-state index in [9.17, 15) is 4.79 Å². The van der Waals surface area contributed by atoms with E-state index in [1.807, 2.05) is 17.5 Å². The lowest BCUT2D eigenvalue weighted by Crippen LogP contribution is -1.97. The first-order chi connectivity index (χ1) is 9.63. The van der Waals surface area contributed by atoms with Gasteiger partial charge in [0.2, 0.25) is 0 Å². The van der Waals surface area contributed by atoms with Gasteiger partial charge in [0.1, 0.15) is 5.01 Å². The maximum absolute atomic E-state index is 11.0. The van der Waals surface area contributed by atoms with Gasteiger partial charge in [-0.25, -0.2) is 9.78 Å². The first-order valence-electron chi connectivity index (χ1n) is 5.54. The highest BCUT2D eigenvalue weighted by Gasteiger charge is 2.11. The van der Waals surface area contributed by atoms with Gasteiger partial charge in [0.25, 0.3) is 0 Å². The van der Waals surface area contributed by atoms with Crippen molar-refractivity contribution in [2.75, 3.05) is 0 Å². The smallest absolute Gasteiger partial charge is 0.335 e. The number of hydrogen-bond donors (Lipinski definition) is 1. The minimum atomic E-state index is -0.976. The van der Waals surface area contributed by atoms with Gasteiger partial charge in [-0.2, -0.15) is 0 Å². The summed E-state index contributed by atoms with van der Waals surface area (Å²) >= 11 is 8.78. The summed E-state index contributed by atoms with van der Waals surface area (Å²) in [5, 5.41) is 11.6. The Bertz CT molecular complexity index is 782. The molecule has 0 aliphatic heterocycles.